The first-order valence-corrected chi connectivity index (χ1v) is 5.81. The second kappa shape index (κ2) is 5.98. The number of hydrogen-bond donors (Lipinski definition) is 2. The van der Waals surface area contributed by atoms with Crippen molar-refractivity contribution in [3.05, 3.63) is 29.6 Å². The summed E-state index contributed by atoms with van der Waals surface area (Å²) in [6.07, 6.45) is 0. The van der Waals surface area contributed by atoms with Crippen molar-refractivity contribution in [2.45, 2.75) is 25.9 Å². The van der Waals surface area contributed by atoms with Crippen molar-refractivity contribution in [2.24, 2.45) is 0 Å². The molecular weight excluding hydrogens is 219 g/mol. The largest absolute Gasteiger partial charge is 0.394 e. The Kier molecular flexibility index (Phi) is 4.90. The number of halogens is 1. The standard InChI is InChI=1S/C13H21FN2O/c1-9(8-17)16(4)13-6-5-11(14)7-12(13)10(2)15-3/h5-7,9-10,15,17H,8H2,1-4H3. The average Bonchev–Trinajstić information content (AvgIpc) is 2.35. The number of anilines is 1. The number of hydrogen-bond acceptors (Lipinski definition) is 3. The molecule has 0 aliphatic heterocycles. The Morgan fingerprint density at radius 2 is 2.06 bits per heavy atom. The van der Waals surface area contributed by atoms with Crippen LogP contribution in [-0.2, 0) is 0 Å². The predicted molar refractivity (Wildman–Crippen MR) is 68.8 cm³/mol. The topological polar surface area (TPSA) is 35.5 Å². The highest BCUT2D eigenvalue weighted by molar-refractivity contribution is 5.55. The molecule has 0 bridgehead atoms. The van der Waals surface area contributed by atoms with Gasteiger partial charge in [-0.2, -0.15) is 0 Å². The minimum atomic E-state index is -0.240. The molecule has 2 unspecified atom stereocenters. The Bertz CT molecular complexity index is 370. The molecule has 0 aliphatic rings. The van der Waals surface area contributed by atoms with E-state index >= 15 is 0 Å². The summed E-state index contributed by atoms with van der Waals surface area (Å²) < 4.78 is 13.3. The number of likely N-dealkylation sites (N-methyl/N-ethyl adjacent to an activating group) is 1. The third kappa shape index (κ3) is 3.17. The molecule has 1 aromatic rings. The first-order valence-electron chi connectivity index (χ1n) is 5.81. The Labute approximate surface area is 102 Å². The van der Waals surface area contributed by atoms with Crippen LogP contribution in [0.5, 0.6) is 0 Å². The number of aliphatic hydroxyl groups is 1. The number of nitrogens with zero attached hydrogens (tertiary/aromatic N) is 1. The van der Waals surface area contributed by atoms with Gasteiger partial charge in [-0.1, -0.05) is 0 Å². The van der Waals surface area contributed by atoms with Gasteiger partial charge in [-0.05, 0) is 44.7 Å². The molecule has 0 saturated heterocycles. The van der Waals surface area contributed by atoms with E-state index in [1.54, 1.807) is 6.07 Å². The van der Waals surface area contributed by atoms with Crippen molar-refractivity contribution in [3.8, 4) is 0 Å². The van der Waals surface area contributed by atoms with Gasteiger partial charge in [0.05, 0.1) is 6.61 Å². The molecule has 3 nitrogen and oxygen atoms in total. The van der Waals surface area contributed by atoms with Crippen LogP contribution in [0.1, 0.15) is 25.5 Å². The van der Waals surface area contributed by atoms with Crippen LogP contribution in [0.15, 0.2) is 18.2 Å². The predicted octanol–water partition coefficient (Wildman–Crippen LogP) is 1.92. The maximum absolute atomic E-state index is 13.3. The third-order valence-electron chi connectivity index (χ3n) is 3.19. The zero-order valence-electron chi connectivity index (χ0n) is 10.9. The van der Waals surface area contributed by atoms with Crippen molar-refractivity contribution in [1.29, 1.82) is 0 Å². The van der Waals surface area contributed by atoms with Crippen LogP contribution >= 0.6 is 0 Å². The fourth-order valence-electron chi connectivity index (χ4n) is 1.71. The van der Waals surface area contributed by atoms with Gasteiger partial charge in [0.1, 0.15) is 5.82 Å². The summed E-state index contributed by atoms with van der Waals surface area (Å²) in [4.78, 5) is 1.96. The van der Waals surface area contributed by atoms with E-state index in [0.717, 1.165) is 11.3 Å². The molecule has 96 valence electrons. The van der Waals surface area contributed by atoms with E-state index in [9.17, 15) is 9.50 Å². The van der Waals surface area contributed by atoms with Crippen molar-refractivity contribution in [3.63, 3.8) is 0 Å². The fraction of sp³-hybridized carbons (Fsp3) is 0.538. The van der Waals surface area contributed by atoms with Crippen LogP contribution in [0.25, 0.3) is 0 Å². The average molecular weight is 240 g/mol. The molecule has 0 amide bonds. The van der Waals surface area contributed by atoms with E-state index in [-0.39, 0.29) is 24.5 Å². The lowest BCUT2D eigenvalue weighted by molar-refractivity contribution is 0.270. The summed E-state index contributed by atoms with van der Waals surface area (Å²) in [6.45, 7) is 3.98. The Balaban J connectivity index is 3.13. The van der Waals surface area contributed by atoms with E-state index in [1.807, 2.05) is 32.8 Å². The second-order valence-corrected chi connectivity index (χ2v) is 4.36. The highest BCUT2D eigenvalue weighted by Gasteiger charge is 2.16. The molecule has 1 rings (SSSR count). The first kappa shape index (κ1) is 13.9. The Morgan fingerprint density at radius 3 is 2.59 bits per heavy atom. The molecular formula is C13H21FN2O. The third-order valence-corrected chi connectivity index (χ3v) is 3.19. The number of rotatable bonds is 5. The molecule has 17 heavy (non-hydrogen) atoms. The number of nitrogens with one attached hydrogen (secondary N) is 1. The van der Waals surface area contributed by atoms with Crippen LogP contribution in [-0.4, -0.2) is 31.9 Å². The lowest BCUT2D eigenvalue weighted by Crippen LogP contribution is -2.33. The van der Waals surface area contributed by atoms with Crippen LogP contribution in [0.3, 0.4) is 0 Å². The van der Waals surface area contributed by atoms with Crippen molar-refractivity contribution in [2.75, 3.05) is 25.6 Å². The van der Waals surface area contributed by atoms with Gasteiger partial charge in [0.15, 0.2) is 0 Å². The van der Waals surface area contributed by atoms with Crippen LogP contribution in [0.4, 0.5) is 10.1 Å². The monoisotopic (exact) mass is 240 g/mol. The molecule has 4 heteroatoms. The van der Waals surface area contributed by atoms with Crippen LogP contribution in [0, 0.1) is 5.82 Å². The minimum absolute atomic E-state index is 0.00303. The molecule has 0 radical (unpaired) electrons. The molecule has 0 aromatic heterocycles. The van der Waals surface area contributed by atoms with E-state index in [4.69, 9.17) is 0 Å². The SMILES string of the molecule is CNC(C)c1cc(F)ccc1N(C)C(C)CO. The zero-order valence-corrected chi connectivity index (χ0v) is 10.9. The molecule has 2 N–H and O–H groups in total. The molecule has 0 fully saturated rings. The summed E-state index contributed by atoms with van der Waals surface area (Å²) in [7, 11) is 3.74. The molecule has 0 saturated carbocycles. The van der Waals surface area contributed by atoms with Crippen molar-refractivity contribution >= 4 is 5.69 Å². The van der Waals surface area contributed by atoms with E-state index in [2.05, 4.69) is 5.32 Å². The second-order valence-electron chi connectivity index (χ2n) is 4.36. The summed E-state index contributed by atoms with van der Waals surface area (Å²) in [5.74, 6) is -0.240. The van der Waals surface area contributed by atoms with Gasteiger partial charge in [0.2, 0.25) is 0 Å². The van der Waals surface area contributed by atoms with Gasteiger partial charge in [0, 0.05) is 24.8 Å². The normalized spacial score (nSPS) is 14.5. The molecule has 0 heterocycles. The van der Waals surface area contributed by atoms with Gasteiger partial charge in [-0.25, -0.2) is 4.39 Å². The summed E-state index contributed by atoms with van der Waals surface area (Å²) in [5.41, 5.74) is 1.84. The summed E-state index contributed by atoms with van der Waals surface area (Å²) >= 11 is 0. The van der Waals surface area contributed by atoms with Crippen molar-refractivity contribution < 1.29 is 9.50 Å². The van der Waals surface area contributed by atoms with Gasteiger partial charge < -0.3 is 15.3 Å². The van der Waals surface area contributed by atoms with Gasteiger partial charge >= 0.3 is 0 Å². The van der Waals surface area contributed by atoms with Crippen molar-refractivity contribution in [1.82, 2.24) is 5.32 Å². The van der Waals surface area contributed by atoms with E-state index < -0.39 is 0 Å². The number of aliphatic hydroxyl groups excluding tert-OH is 1. The summed E-state index contributed by atoms with van der Waals surface area (Å²) in [6, 6.07) is 4.81. The van der Waals surface area contributed by atoms with Crippen LogP contribution < -0.4 is 10.2 Å². The van der Waals surface area contributed by atoms with Gasteiger partial charge in [-0.15, -0.1) is 0 Å². The van der Waals surface area contributed by atoms with Crippen LogP contribution in [0.2, 0.25) is 0 Å². The Hall–Kier alpha value is -1.13. The maximum Gasteiger partial charge on any atom is 0.123 e. The molecule has 0 aliphatic carbocycles. The Morgan fingerprint density at radius 1 is 1.41 bits per heavy atom. The first-order chi connectivity index (χ1) is 8.01. The van der Waals surface area contributed by atoms with E-state index in [0.29, 0.717) is 0 Å². The molecule has 1 aromatic carbocycles. The summed E-state index contributed by atoms with van der Waals surface area (Å²) in [5, 5.41) is 12.3. The van der Waals surface area contributed by atoms with Gasteiger partial charge in [0.25, 0.3) is 0 Å². The highest BCUT2D eigenvalue weighted by atomic mass is 19.1. The van der Waals surface area contributed by atoms with E-state index in [1.165, 1.54) is 12.1 Å². The molecule has 2 atom stereocenters. The smallest absolute Gasteiger partial charge is 0.123 e. The highest BCUT2D eigenvalue weighted by Crippen LogP contribution is 2.27. The lowest BCUT2D eigenvalue weighted by Gasteiger charge is -2.29. The lowest BCUT2D eigenvalue weighted by atomic mass is 10.0. The number of benzene rings is 1. The quantitative estimate of drug-likeness (QED) is 0.825. The molecule has 0 spiro atoms. The fourth-order valence-corrected chi connectivity index (χ4v) is 1.71. The maximum atomic E-state index is 13.3. The minimum Gasteiger partial charge on any atom is -0.394 e. The van der Waals surface area contributed by atoms with Gasteiger partial charge in [-0.3, -0.25) is 0 Å². The zero-order chi connectivity index (χ0) is 13.0.